The minimum absolute atomic E-state index is 0.156. The van der Waals surface area contributed by atoms with E-state index in [1.54, 1.807) is 36.4 Å². The molecule has 0 spiro atoms. The lowest BCUT2D eigenvalue weighted by Crippen LogP contribution is -2.40. The van der Waals surface area contributed by atoms with Crippen LogP contribution in [0.15, 0.2) is 53.4 Å². The van der Waals surface area contributed by atoms with Gasteiger partial charge in [0, 0.05) is 25.2 Å². The van der Waals surface area contributed by atoms with E-state index in [4.69, 9.17) is 9.47 Å². The second-order valence-electron chi connectivity index (χ2n) is 7.40. The van der Waals surface area contributed by atoms with Gasteiger partial charge in [-0.15, -0.1) is 0 Å². The molecule has 1 aliphatic heterocycles. The van der Waals surface area contributed by atoms with Gasteiger partial charge in [0.25, 0.3) is 5.91 Å². The van der Waals surface area contributed by atoms with Crippen molar-refractivity contribution in [1.82, 2.24) is 9.62 Å². The van der Waals surface area contributed by atoms with E-state index in [0.29, 0.717) is 45.0 Å². The highest BCUT2D eigenvalue weighted by Crippen LogP contribution is 2.18. The Kier molecular flexibility index (Phi) is 7.60. The van der Waals surface area contributed by atoms with Crippen LogP contribution in [0.1, 0.15) is 35.3 Å². The van der Waals surface area contributed by atoms with Crippen molar-refractivity contribution in [1.29, 1.82) is 0 Å². The van der Waals surface area contributed by atoms with Crippen molar-refractivity contribution in [3.8, 4) is 0 Å². The molecule has 7 nitrogen and oxygen atoms in total. The van der Waals surface area contributed by atoms with Crippen molar-refractivity contribution in [2.24, 2.45) is 0 Å². The molecule has 1 N–H and O–H groups in total. The Morgan fingerprint density at radius 3 is 2.23 bits per heavy atom. The van der Waals surface area contributed by atoms with E-state index in [-0.39, 0.29) is 16.9 Å². The molecule has 30 heavy (non-hydrogen) atoms. The second-order valence-corrected chi connectivity index (χ2v) is 9.34. The minimum Gasteiger partial charge on any atom is -0.379 e. The summed E-state index contributed by atoms with van der Waals surface area (Å²) in [6.07, 6.45) is 0.156. The number of hydrogen-bond acceptors (Lipinski definition) is 5. The van der Waals surface area contributed by atoms with E-state index in [1.807, 2.05) is 26.0 Å². The number of morpholine rings is 1. The van der Waals surface area contributed by atoms with Gasteiger partial charge in [0.1, 0.15) is 0 Å². The summed E-state index contributed by atoms with van der Waals surface area (Å²) in [6, 6.07) is 13.9. The van der Waals surface area contributed by atoms with E-state index in [1.165, 1.54) is 4.31 Å². The van der Waals surface area contributed by atoms with Gasteiger partial charge in [-0.1, -0.05) is 24.3 Å². The molecule has 0 saturated carbocycles. The van der Waals surface area contributed by atoms with Gasteiger partial charge in [0.15, 0.2) is 0 Å². The molecule has 162 valence electrons. The predicted octanol–water partition coefficient (Wildman–Crippen LogP) is 2.56. The highest BCUT2D eigenvalue weighted by Gasteiger charge is 2.26. The third-order valence-electron chi connectivity index (χ3n) is 4.78. The first-order chi connectivity index (χ1) is 14.4. The standard InChI is InChI=1S/C22H28N2O5S/c1-17(2)29-16-19-3-7-20(8-4-19)22(25)23-15-18-5-9-21(10-6-18)30(26,27)24-11-13-28-14-12-24/h3-10,17H,11-16H2,1-2H3,(H,23,25). The molecule has 0 atom stereocenters. The summed E-state index contributed by atoms with van der Waals surface area (Å²) in [5.74, 6) is -0.184. The zero-order chi connectivity index (χ0) is 21.6. The zero-order valence-electron chi connectivity index (χ0n) is 17.3. The van der Waals surface area contributed by atoms with Crippen LogP contribution in [-0.2, 0) is 32.6 Å². The summed E-state index contributed by atoms with van der Waals surface area (Å²) in [4.78, 5) is 12.6. The van der Waals surface area contributed by atoms with Crippen molar-refractivity contribution in [3.63, 3.8) is 0 Å². The quantitative estimate of drug-likeness (QED) is 0.693. The Morgan fingerprint density at radius 2 is 1.63 bits per heavy atom. The van der Waals surface area contributed by atoms with Gasteiger partial charge in [-0.3, -0.25) is 4.79 Å². The molecule has 1 heterocycles. The van der Waals surface area contributed by atoms with Gasteiger partial charge in [0.2, 0.25) is 10.0 Å². The lowest BCUT2D eigenvalue weighted by molar-refractivity contribution is 0.0656. The topological polar surface area (TPSA) is 84.9 Å². The van der Waals surface area contributed by atoms with Crippen molar-refractivity contribution in [2.45, 2.75) is 38.0 Å². The number of carbonyl (C=O) groups is 1. The molecule has 1 saturated heterocycles. The molecule has 0 bridgehead atoms. The Bertz CT molecular complexity index is 934. The summed E-state index contributed by atoms with van der Waals surface area (Å²) in [6.45, 7) is 6.34. The van der Waals surface area contributed by atoms with Crippen molar-refractivity contribution >= 4 is 15.9 Å². The van der Waals surface area contributed by atoms with Crippen LogP contribution >= 0.6 is 0 Å². The predicted molar refractivity (Wildman–Crippen MR) is 114 cm³/mol. The molecular weight excluding hydrogens is 404 g/mol. The van der Waals surface area contributed by atoms with E-state index in [2.05, 4.69) is 5.32 Å². The Balaban J connectivity index is 1.55. The largest absolute Gasteiger partial charge is 0.379 e. The van der Waals surface area contributed by atoms with Gasteiger partial charge in [-0.2, -0.15) is 4.31 Å². The number of carbonyl (C=O) groups excluding carboxylic acids is 1. The molecule has 1 amide bonds. The van der Waals surface area contributed by atoms with Crippen LogP contribution in [-0.4, -0.2) is 51.0 Å². The number of amides is 1. The summed E-state index contributed by atoms with van der Waals surface area (Å²) < 4.78 is 37.5. The van der Waals surface area contributed by atoms with Gasteiger partial charge >= 0.3 is 0 Å². The van der Waals surface area contributed by atoms with Gasteiger partial charge in [-0.05, 0) is 49.2 Å². The maximum Gasteiger partial charge on any atom is 0.251 e. The number of hydrogen-bond donors (Lipinski definition) is 1. The fourth-order valence-electron chi connectivity index (χ4n) is 3.01. The number of sulfonamides is 1. The number of nitrogens with zero attached hydrogens (tertiary/aromatic N) is 1. The molecule has 1 fully saturated rings. The lowest BCUT2D eigenvalue weighted by Gasteiger charge is -2.26. The third kappa shape index (κ3) is 5.89. The highest BCUT2D eigenvalue weighted by atomic mass is 32.2. The van der Waals surface area contributed by atoms with Crippen molar-refractivity contribution in [2.75, 3.05) is 26.3 Å². The average molecular weight is 433 g/mol. The van der Waals surface area contributed by atoms with Gasteiger partial charge in [-0.25, -0.2) is 8.42 Å². The molecule has 2 aromatic carbocycles. The van der Waals surface area contributed by atoms with Gasteiger partial charge in [0.05, 0.1) is 30.8 Å². The molecule has 3 rings (SSSR count). The molecule has 8 heteroatoms. The van der Waals surface area contributed by atoms with Crippen LogP contribution in [0, 0.1) is 0 Å². The van der Waals surface area contributed by atoms with Crippen molar-refractivity contribution in [3.05, 3.63) is 65.2 Å². The van der Waals surface area contributed by atoms with Crippen LogP contribution in [0.25, 0.3) is 0 Å². The molecule has 0 aromatic heterocycles. The summed E-state index contributed by atoms with van der Waals surface area (Å²) in [7, 11) is -3.51. The number of rotatable bonds is 8. The van der Waals surface area contributed by atoms with Crippen LogP contribution < -0.4 is 5.32 Å². The molecule has 0 aliphatic carbocycles. The summed E-state index contributed by atoms with van der Waals surface area (Å²) in [5, 5.41) is 2.86. The molecule has 2 aromatic rings. The van der Waals surface area contributed by atoms with Crippen LogP contribution in [0.3, 0.4) is 0 Å². The first-order valence-electron chi connectivity index (χ1n) is 10.0. The minimum atomic E-state index is -3.51. The monoisotopic (exact) mass is 432 g/mol. The Hall–Kier alpha value is -2.26. The summed E-state index contributed by atoms with van der Waals surface area (Å²) in [5.41, 5.74) is 2.40. The fourth-order valence-corrected chi connectivity index (χ4v) is 4.42. The second kappa shape index (κ2) is 10.2. The van der Waals surface area contributed by atoms with Crippen LogP contribution in [0.5, 0.6) is 0 Å². The van der Waals surface area contributed by atoms with Gasteiger partial charge < -0.3 is 14.8 Å². The molecule has 0 unspecified atom stereocenters. The Morgan fingerprint density at radius 1 is 1.03 bits per heavy atom. The van der Waals surface area contributed by atoms with Crippen LogP contribution in [0.2, 0.25) is 0 Å². The molecular formula is C22H28N2O5S. The highest BCUT2D eigenvalue weighted by molar-refractivity contribution is 7.89. The number of ether oxygens (including phenoxy) is 2. The maximum absolute atomic E-state index is 12.7. The Labute approximate surface area is 178 Å². The number of nitrogens with one attached hydrogen (secondary N) is 1. The summed E-state index contributed by atoms with van der Waals surface area (Å²) >= 11 is 0. The van der Waals surface area contributed by atoms with Crippen LogP contribution in [0.4, 0.5) is 0 Å². The average Bonchev–Trinajstić information content (AvgIpc) is 2.77. The lowest BCUT2D eigenvalue weighted by atomic mass is 10.1. The molecule has 0 radical (unpaired) electrons. The maximum atomic E-state index is 12.7. The normalized spacial score (nSPS) is 15.3. The smallest absolute Gasteiger partial charge is 0.251 e. The SMILES string of the molecule is CC(C)OCc1ccc(C(=O)NCc2ccc(S(=O)(=O)N3CCOCC3)cc2)cc1. The first kappa shape index (κ1) is 22.4. The van der Waals surface area contributed by atoms with E-state index < -0.39 is 10.0 Å². The van der Waals surface area contributed by atoms with E-state index in [0.717, 1.165) is 11.1 Å². The number of benzene rings is 2. The van der Waals surface area contributed by atoms with E-state index >= 15 is 0 Å². The zero-order valence-corrected chi connectivity index (χ0v) is 18.2. The van der Waals surface area contributed by atoms with E-state index in [9.17, 15) is 13.2 Å². The third-order valence-corrected chi connectivity index (χ3v) is 6.70. The fraction of sp³-hybridized carbons (Fsp3) is 0.409. The van der Waals surface area contributed by atoms with Crippen molar-refractivity contribution < 1.29 is 22.7 Å². The first-order valence-corrected chi connectivity index (χ1v) is 11.5. The molecule has 1 aliphatic rings.